The molecule has 0 saturated carbocycles. The summed E-state index contributed by atoms with van der Waals surface area (Å²) in [4.78, 5) is 17.5. The molecule has 2 aromatic carbocycles. The number of carbonyl (C=O) groups is 1. The molecule has 0 amide bonds. The molecule has 176 valence electrons. The lowest BCUT2D eigenvalue weighted by Crippen LogP contribution is -2.40. The molecule has 4 aromatic rings. The largest absolute Gasteiger partial charge is 0.443 e. The molecule has 1 fully saturated rings. The fourth-order valence-corrected chi connectivity index (χ4v) is 6.12. The van der Waals surface area contributed by atoms with E-state index in [0.29, 0.717) is 42.3 Å². The van der Waals surface area contributed by atoms with Crippen molar-refractivity contribution in [1.29, 1.82) is 5.26 Å². The lowest BCUT2D eigenvalue weighted by molar-refractivity contribution is -0.122. The fraction of sp³-hybridized carbons (Fsp3) is 0.222. The summed E-state index contributed by atoms with van der Waals surface area (Å²) in [6.07, 6.45) is 3.55. The minimum Gasteiger partial charge on any atom is -0.443 e. The van der Waals surface area contributed by atoms with E-state index >= 15 is 0 Å². The molecule has 1 aliphatic rings. The van der Waals surface area contributed by atoms with Gasteiger partial charge in [-0.3, -0.25) is 9.78 Å². The van der Waals surface area contributed by atoms with Gasteiger partial charge in [-0.1, -0.05) is 30.3 Å². The van der Waals surface area contributed by atoms with Crippen LogP contribution in [-0.4, -0.2) is 36.1 Å². The van der Waals surface area contributed by atoms with Crippen molar-refractivity contribution in [2.45, 2.75) is 36.8 Å². The molecule has 1 atom stereocenters. The highest BCUT2D eigenvalue weighted by Crippen LogP contribution is 2.31. The van der Waals surface area contributed by atoms with Crippen LogP contribution < -0.4 is 0 Å². The Kier molecular flexibility index (Phi) is 6.20. The standard InChI is InChI=1S/C27H23N3O4S/c28-18-20-7-10-21(11-8-20)23-16-19(13-14-29-23)9-12-25(31)24-5-3-15-30(24)35(32,33)27-17-22-4-1-2-6-26(22)34-27/h1-2,4,6-8,10-11,13-14,16-17,24H,3,5,9,12,15H2/t24-/m0/s1. The zero-order valence-corrected chi connectivity index (χ0v) is 19.7. The molecule has 3 heterocycles. The number of Topliss-reactive ketones (excluding diaryl/α,β-unsaturated/α-hetero) is 1. The first-order chi connectivity index (χ1) is 17.0. The number of ketones is 1. The normalized spacial score (nSPS) is 16.4. The zero-order valence-electron chi connectivity index (χ0n) is 18.9. The Balaban J connectivity index is 1.29. The van der Waals surface area contributed by atoms with Crippen LogP contribution >= 0.6 is 0 Å². The molecule has 5 rings (SSSR count). The number of hydrogen-bond acceptors (Lipinski definition) is 6. The maximum Gasteiger partial charge on any atom is 0.277 e. The molecule has 1 aliphatic heterocycles. The highest BCUT2D eigenvalue weighted by molar-refractivity contribution is 7.89. The second-order valence-corrected chi connectivity index (χ2v) is 10.4. The Labute approximate surface area is 203 Å². The maximum absolute atomic E-state index is 13.3. The van der Waals surface area contributed by atoms with Gasteiger partial charge in [0.25, 0.3) is 10.0 Å². The van der Waals surface area contributed by atoms with Crippen LogP contribution in [0.25, 0.3) is 22.2 Å². The molecule has 7 nitrogen and oxygen atoms in total. The van der Waals surface area contributed by atoms with Crippen molar-refractivity contribution in [3.63, 3.8) is 0 Å². The minimum atomic E-state index is -3.91. The van der Waals surface area contributed by atoms with Gasteiger partial charge in [-0.2, -0.15) is 9.57 Å². The molecule has 0 N–H and O–H groups in total. The van der Waals surface area contributed by atoms with Crippen LogP contribution in [0.1, 0.15) is 30.4 Å². The van der Waals surface area contributed by atoms with Crippen LogP contribution in [0.5, 0.6) is 0 Å². The lowest BCUT2D eigenvalue weighted by Gasteiger charge is -2.21. The van der Waals surface area contributed by atoms with Gasteiger partial charge >= 0.3 is 0 Å². The number of aromatic nitrogens is 1. The third-order valence-corrected chi connectivity index (χ3v) is 8.10. The van der Waals surface area contributed by atoms with Crippen LogP contribution in [0.15, 0.2) is 82.4 Å². The second kappa shape index (κ2) is 9.45. The number of nitriles is 1. The Hall–Kier alpha value is -3.80. The highest BCUT2D eigenvalue weighted by atomic mass is 32.2. The average Bonchev–Trinajstić information content (AvgIpc) is 3.56. The predicted molar refractivity (Wildman–Crippen MR) is 131 cm³/mol. The summed E-state index contributed by atoms with van der Waals surface area (Å²) in [5.41, 5.74) is 3.67. The second-order valence-electron chi connectivity index (χ2n) is 8.58. The Morgan fingerprint density at radius 1 is 1.11 bits per heavy atom. The molecule has 8 heteroatoms. The van der Waals surface area contributed by atoms with Gasteiger partial charge in [0.1, 0.15) is 5.58 Å². The van der Waals surface area contributed by atoms with E-state index in [-0.39, 0.29) is 17.3 Å². The monoisotopic (exact) mass is 485 g/mol. The van der Waals surface area contributed by atoms with E-state index in [2.05, 4.69) is 11.1 Å². The number of carbonyl (C=O) groups excluding carboxylic acids is 1. The molecule has 35 heavy (non-hydrogen) atoms. The van der Waals surface area contributed by atoms with E-state index in [1.54, 1.807) is 36.5 Å². The number of pyridine rings is 1. The first kappa shape index (κ1) is 23.0. The van der Waals surface area contributed by atoms with Crippen molar-refractivity contribution in [3.8, 4) is 17.3 Å². The SMILES string of the molecule is N#Cc1ccc(-c2cc(CCC(=O)[C@@H]3CCCN3S(=O)(=O)c3cc4ccccc4o3)ccn2)cc1. The summed E-state index contributed by atoms with van der Waals surface area (Å²) in [7, 11) is -3.91. The van der Waals surface area contributed by atoms with Gasteiger partial charge in [-0.15, -0.1) is 0 Å². The first-order valence-electron chi connectivity index (χ1n) is 11.4. The van der Waals surface area contributed by atoms with E-state index in [4.69, 9.17) is 9.68 Å². The number of aryl methyl sites for hydroxylation is 1. The van der Waals surface area contributed by atoms with Gasteiger partial charge in [0.15, 0.2) is 5.78 Å². The van der Waals surface area contributed by atoms with Crippen LogP contribution in [0.3, 0.4) is 0 Å². The number of rotatable bonds is 7. The summed E-state index contributed by atoms with van der Waals surface area (Å²) in [6.45, 7) is 0.299. The summed E-state index contributed by atoms with van der Waals surface area (Å²) < 4.78 is 33.5. The summed E-state index contributed by atoms with van der Waals surface area (Å²) in [5, 5.41) is 9.56. The van der Waals surface area contributed by atoms with Gasteiger partial charge in [0.2, 0.25) is 5.09 Å². The Morgan fingerprint density at radius 2 is 1.91 bits per heavy atom. The maximum atomic E-state index is 13.3. The van der Waals surface area contributed by atoms with Gasteiger partial charge in [-0.05, 0) is 55.2 Å². The van der Waals surface area contributed by atoms with E-state index in [1.807, 2.05) is 30.3 Å². The Bertz CT molecular complexity index is 1500. The fourth-order valence-electron chi connectivity index (χ4n) is 4.49. The summed E-state index contributed by atoms with van der Waals surface area (Å²) in [5.74, 6) is -0.0982. The molecule has 0 unspecified atom stereocenters. The molecule has 2 aromatic heterocycles. The molecule has 0 bridgehead atoms. The summed E-state index contributed by atoms with van der Waals surface area (Å²) >= 11 is 0. The van der Waals surface area contributed by atoms with Crippen LogP contribution in [0.2, 0.25) is 0 Å². The topological polar surface area (TPSA) is 104 Å². The first-order valence-corrected chi connectivity index (χ1v) is 12.9. The highest BCUT2D eigenvalue weighted by Gasteiger charge is 2.40. The van der Waals surface area contributed by atoms with E-state index in [1.165, 1.54) is 10.4 Å². The third-order valence-electron chi connectivity index (χ3n) is 6.34. The molecular formula is C27H23N3O4S. The number of benzene rings is 2. The Morgan fingerprint density at radius 3 is 2.69 bits per heavy atom. The van der Waals surface area contributed by atoms with Crippen LogP contribution in [0, 0.1) is 11.3 Å². The van der Waals surface area contributed by atoms with Crippen LogP contribution in [-0.2, 0) is 21.2 Å². The van der Waals surface area contributed by atoms with Crippen molar-refractivity contribution in [2.75, 3.05) is 6.54 Å². The molecule has 0 radical (unpaired) electrons. The van der Waals surface area contributed by atoms with Gasteiger partial charge < -0.3 is 4.42 Å². The average molecular weight is 486 g/mol. The van der Waals surface area contributed by atoms with Gasteiger partial charge in [0, 0.05) is 36.2 Å². The number of hydrogen-bond donors (Lipinski definition) is 0. The van der Waals surface area contributed by atoms with Crippen molar-refractivity contribution in [2.24, 2.45) is 0 Å². The smallest absolute Gasteiger partial charge is 0.277 e. The zero-order chi connectivity index (χ0) is 24.4. The number of fused-ring (bicyclic) bond motifs is 1. The lowest BCUT2D eigenvalue weighted by atomic mass is 10.0. The van der Waals surface area contributed by atoms with Crippen molar-refractivity contribution < 1.29 is 17.6 Å². The quantitative estimate of drug-likeness (QED) is 0.375. The molecular weight excluding hydrogens is 462 g/mol. The summed E-state index contributed by atoms with van der Waals surface area (Å²) in [6, 6.07) is 21.0. The number of nitrogens with zero attached hydrogens (tertiary/aromatic N) is 3. The number of para-hydroxylation sites is 1. The third kappa shape index (κ3) is 4.61. The van der Waals surface area contributed by atoms with Crippen molar-refractivity contribution in [3.05, 3.63) is 84.1 Å². The van der Waals surface area contributed by atoms with Gasteiger partial charge in [-0.25, -0.2) is 8.42 Å². The van der Waals surface area contributed by atoms with Crippen molar-refractivity contribution in [1.82, 2.24) is 9.29 Å². The molecule has 0 spiro atoms. The number of furan rings is 1. The van der Waals surface area contributed by atoms with Crippen molar-refractivity contribution >= 4 is 26.8 Å². The molecule has 1 saturated heterocycles. The van der Waals surface area contributed by atoms with E-state index in [0.717, 1.165) is 16.8 Å². The minimum absolute atomic E-state index is 0.0982. The van der Waals surface area contributed by atoms with Crippen LogP contribution in [0.4, 0.5) is 0 Å². The predicted octanol–water partition coefficient (Wildman–Crippen LogP) is 4.72. The number of sulfonamides is 1. The van der Waals surface area contributed by atoms with E-state index < -0.39 is 16.1 Å². The van der Waals surface area contributed by atoms with E-state index in [9.17, 15) is 13.2 Å². The molecule has 0 aliphatic carbocycles. The van der Waals surface area contributed by atoms with Gasteiger partial charge in [0.05, 0.1) is 23.4 Å².